The van der Waals surface area contributed by atoms with Crippen LogP contribution in [-0.2, 0) is 4.79 Å². The van der Waals surface area contributed by atoms with Gasteiger partial charge in [0.25, 0.3) is 0 Å². The van der Waals surface area contributed by atoms with Crippen molar-refractivity contribution >= 4 is 17.3 Å². The third-order valence-corrected chi connectivity index (χ3v) is 2.43. The Labute approximate surface area is 89.0 Å². The predicted octanol–water partition coefficient (Wildman–Crippen LogP) is 1.29. The SMILES string of the molecule is CC1(C)CC(=O)N(c2ccccc2N)N1. The third-order valence-electron chi connectivity index (χ3n) is 2.43. The molecule has 4 heteroatoms. The molecule has 1 fully saturated rings. The average molecular weight is 205 g/mol. The summed E-state index contributed by atoms with van der Waals surface area (Å²) in [6, 6.07) is 7.34. The molecule has 0 spiro atoms. The normalized spacial score (nSPS) is 19.6. The van der Waals surface area contributed by atoms with Gasteiger partial charge in [0.2, 0.25) is 5.91 Å². The summed E-state index contributed by atoms with van der Waals surface area (Å²) in [5.74, 6) is 0.0536. The average Bonchev–Trinajstić information content (AvgIpc) is 2.40. The number of nitrogens with zero attached hydrogens (tertiary/aromatic N) is 1. The number of nitrogens with two attached hydrogens (primary N) is 1. The summed E-state index contributed by atoms with van der Waals surface area (Å²) >= 11 is 0. The van der Waals surface area contributed by atoms with Crippen LogP contribution < -0.4 is 16.2 Å². The van der Waals surface area contributed by atoms with Crippen LogP contribution in [0.2, 0.25) is 0 Å². The van der Waals surface area contributed by atoms with Gasteiger partial charge in [0.05, 0.1) is 11.4 Å². The van der Waals surface area contributed by atoms with E-state index in [2.05, 4.69) is 5.43 Å². The second kappa shape index (κ2) is 3.24. The maximum absolute atomic E-state index is 11.8. The number of hydrogen-bond acceptors (Lipinski definition) is 3. The zero-order valence-electron chi connectivity index (χ0n) is 8.95. The van der Waals surface area contributed by atoms with Gasteiger partial charge in [-0.05, 0) is 26.0 Å². The highest BCUT2D eigenvalue weighted by atomic mass is 16.2. The van der Waals surface area contributed by atoms with E-state index in [1.165, 1.54) is 5.01 Å². The van der Waals surface area contributed by atoms with Crippen molar-refractivity contribution in [3.05, 3.63) is 24.3 Å². The van der Waals surface area contributed by atoms with Gasteiger partial charge in [-0.15, -0.1) is 0 Å². The van der Waals surface area contributed by atoms with E-state index >= 15 is 0 Å². The van der Waals surface area contributed by atoms with Crippen molar-refractivity contribution in [3.63, 3.8) is 0 Å². The Balaban J connectivity index is 2.34. The number of carbonyl (C=O) groups excluding carboxylic acids is 1. The van der Waals surface area contributed by atoms with Gasteiger partial charge in [0, 0.05) is 12.0 Å². The fraction of sp³-hybridized carbons (Fsp3) is 0.364. The van der Waals surface area contributed by atoms with Gasteiger partial charge in [-0.2, -0.15) is 0 Å². The van der Waals surface area contributed by atoms with E-state index in [4.69, 9.17) is 5.73 Å². The van der Waals surface area contributed by atoms with Crippen LogP contribution in [0, 0.1) is 0 Å². The molecular weight excluding hydrogens is 190 g/mol. The van der Waals surface area contributed by atoms with E-state index in [0.29, 0.717) is 12.1 Å². The minimum absolute atomic E-state index is 0.0536. The van der Waals surface area contributed by atoms with Crippen LogP contribution in [0.3, 0.4) is 0 Å². The van der Waals surface area contributed by atoms with Crippen LogP contribution in [0.5, 0.6) is 0 Å². The number of nitrogens with one attached hydrogen (secondary N) is 1. The number of hydrogen-bond donors (Lipinski definition) is 2. The largest absolute Gasteiger partial charge is 0.397 e. The standard InChI is InChI=1S/C11H15N3O/c1-11(2)7-10(15)14(13-11)9-6-4-3-5-8(9)12/h3-6,13H,7,12H2,1-2H3. The molecular formula is C11H15N3O. The second-order valence-electron chi connectivity index (χ2n) is 4.46. The van der Waals surface area contributed by atoms with E-state index in [1.54, 1.807) is 6.07 Å². The maximum atomic E-state index is 11.8. The zero-order chi connectivity index (χ0) is 11.1. The van der Waals surface area contributed by atoms with E-state index < -0.39 is 0 Å². The summed E-state index contributed by atoms with van der Waals surface area (Å²) in [7, 11) is 0. The van der Waals surface area contributed by atoms with Crippen molar-refractivity contribution in [1.29, 1.82) is 0 Å². The molecule has 1 aliphatic heterocycles. The number of benzene rings is 1. The minimum atomic E-state index is -0.195. The van der Waals surface area contributed by atoms with Gasteiger partial charge in [0.1, 0.15) is 0 Å². The topological polar surface area (TPSA) is 58.4 Å². The van der Waals surface area contributed by atoms with Crippen molar-refractivity contribution in [3.8, 4) is 0 Å². The first-order chi connectivity index (χ1) is 6.99. The Morgan fingerprint density at radius 3 is 2.60 bits per heavy atom. The summed E-state index contributed by atoms with van der Waals surface area (Å²) in [5.41, 5.74) is 10.1. The summed E-state index contributed by atoms with van der Waals surface area (Å²) in [4.78, 5) is 11.8. The van der Waals surface area contributed by atoms with Crippen molar-refractivity contribution in [2.75, 3.05) is 10.7 Å². The van der Waals surface area contributed by atoms with Crippen molar-refractivity contribution in [2.45, 2.75) is 25.8 Å². The van der Waals surface area contributed by atoms with E-state index in [9.17, 15) is 4.79 Å². The summed E-state index contributed by atoms with van der Waals surface area (Å²) in [5, 5.41) is 1.54. The predicted molar refractivity (Wildman–Crippen MR) is 60.2 cm³/mol. The number of rotatable bonds is 1. The first kappa shape index (κ1) is 9.98. The third kappa shape index (κ3) is 1.80. The highest BCUT2D eigenvalue weighted by Gasteiger charge is 2.36. The molecule has 0 unspecified atom stereocenters. The number of anilines is 2. The van der Waals surface area contributed by atoms with Crippen LogP contribution in [0.15, 0.2) is 24.3 Å². The minimum Gasteiger partial charge on any atom is -0.397 e. The van der Waals surface area contributed by atoms with Gasteiger partial charge in [-0.3, -0.25) is 4.79 Å². The molecule has 0 saturated carbocycles. The smallest absolute Gasteiger partial charge is 0.243 e. The van der Waals surface area contributed by atoms with Crippen LogP contribution in [0.1, 0.15) is 20.3 Å². The fourth-order valence-corrected chi connectivity index (χ4v) is 1.75. The molecule has 1 amide bonds. The van der Waals surface area contributed by atoms with Gasteiger partial charge in [-0.25, -0.2) is 10.4 Å². The summed E-state index contributed by atoms with van der Waals surface area (Å²) < 4.78 is 0. The van der Waals surface area contributed by atoms with Crippen molar-refractivity contribution in [2.24, 2.45) is 0 Å². The molecule has 1 aromatic carbocycles. The Kier molecular flexibility index (Phi) is 2.16. The molecule has 0 aromatic heterocycles. The molecule has 2 rings (SSSR count). The molecule has 0 atom stereocenters. The molecule has 1 aliphatic rings. The molecule has 1 heterocycles. The lowest BCUT2D eigenvalue weighted by atomic mass is 10.0. The number of hydrazine groups is 1. The lowest BCUT2D eigenvalue weighted by molar-refractivity contribution is -0.117. The zero-order valence-corrected chi connectivity index (χ0v) is 8.95. The number of amides is 1. The molecule has 1 aromatic rings. The first-order valence-electron chi connectivity index (χ1n) is 4.95. The van der Waals surface area contributed by atoms with E-state index in [0.717, 1.165) is 5.69 Å². The number of para-hydroxylation sites is 2. The lowest BCUT2D eigenvalue weighted by Gasteiger charge is -2.22. The maximum Gasteiger partial charge on any atom is 0.243 e. The fourth-order valence-electron chi connectivity index (χ4n) is 1.75. The monoisotopic (exact) mass is 205 g/mol. The molecule has 1 saturated heterocycles. The molecule has 0 radical (unpaired) electrons. The van der Waals surface area contributed by atoms with Crippen molar-refractivity contribution < 1.29 is 4.79 Å². The molecule has 0 bridgehead atoms. The molecule has 80 valence electrons. The first-order valence-corrected chi connectivity index (χ1v) is 4.95. The van der Waals surface area contributed by atoms with E-state index in [1.807, 2.05) is 32.0 Å². The molecule has 4 nitrogen and oxygen atoms in total. The van der Waals surface area contributed by atoms with Crippen LogP contribution in [0.25, 0.3) is 0 Å². The van der Waals surface area contributed by atoms with Gasteiger partial charge >= 0.3 is 0 Å². The Morgan fingerprint density at radius 2 is 2.07 bits per heavy atom. The molecule has 15 heavy (non-hydrogen) atoms. The Bertz CT molecular complexity index is 401. The Morgan fingerprint density at radius 1 is 1.40 bits per heavy atom. The number of nitrogen functional groups attached to an aromatic ring is 1. The van der Waals surface area contributed by atoms with Gasteiger partial charge in [-0.1, -0.05) is 12.1 Å². The van der Waals surface area contributed by atoms with Crippen LogP contribution in [-0.4, -0.2) is 11.4 Å². The van der Waals surface area contributed by atoms with Crippen molar-refractivity contribution in [1.82, 2.24) is 5.43 Å². The highest BCUT2D eigenvalue weighted by Crippen LogP contribution is 2.28. The summed E-state index contributed by atoms with van der Waals surface area (Å²) in [6.07, 6.45) is 0.487. The van der Waals surface area contributed by atoms with Gasteiger partial charge in [0.15, 0.2) is 0 Å². The lowest BCUT2D eigenvalue weighted by Crippen LogP contribution is -2.42. The second-order valence-corrected chi connectivity index (χ2v) is 4.46. The van der Waals surface area contributed by atoms with Gasteiger partial charge < -0.3 is 5.73 Å². The highest BCUT2D eigenvalue weighted by molar-refractivity contribution is 5.98. The molecule has 3 N–H and O–H groups in total. The van der Waals surface area contributed by atoms with E-state index in [-0.39, 0.29) is 11.4 Å². The quantitative estimate of drug-likeness (QED) is 0.679. The number of carbonyl (C=O) groups is 1. The molecule has 0 aliphatic carbocycles. The summed E-state index contributed by atoms with van der Waals surface area (Å²) in [6.45, 7) is 3.98. The van der Waals surface area contributed by atoms with Crippen LogP contribution in [0.4, 0.5) is 11.4 Å². The van der Waals surface area contributed by atoms with Crippen LogP contribution >= 0.6 is 0 Å². The Hall–Kier alpha value is -1.55.